The molecule has 1 saturated heterocycles. The van der Waals surface area contributed by atoms with Crippen molar-refractivity contribution in [3.63, 3.8) is 0 Å². The minimum Gasteiger partial charge on any atom is -0.328 e. The van der Waals surface area contributed by atoms with Gasteiger partial charge in [-0.25, -0.2) is 4.98 Å². The van der Waals surface area contributed by atoms with Crippen molar-refractivity contribution in [2.24, 2.45) is 0 Å². The highest BCUT2D eigenvalue weighted by molar-refractivity contribution is 6.30. The first kappa shape index (κ1) is 19.0. The molecule has 1 aromatic heterocycles. The molecule has 1 fully saturated rings. The number of rotatable bonds is 6. The Kier molecular flexibility index (Phi) is 5.38. The molecule has 146 valence electrons. The molecule has 5 nitrogen and oxygen atoms in total. The van der Waals surface area contributed by atoms with Gasteiger partial charge in [-0.15, -0.1) is 0 Å². The number of amides is 1. The Morgan fingerprint density at radius 1 is 1.14 bits per heavy atom. The third kappa shape index (κ3) is 3.77. The fourth-order valence-electron chi connectivity index (χ4n) is 3.94. The first-order valence-corrected chi connectivity index (χ1v) is 10.1. The molecule has 0 unspecified atom stereocenters. The van der Waals surface area contributed by atoms with E-state index in [4.69, 9.17) is 16.6 Å². The van der Waals surface area contributed by atoms with Crippen LogP contribution >= 0.6 is 11.6 Å². The van der Waals surface area contributed by atoms with Crippen LogP contribution in [0.25, 0.3) is 11.0 Å². The summed E-state index contributed by atoms with van der Waals surface area (Å²) in [6.45, 7) is 2.57. The maximum Gasteiger partial charge on any atom is 0.227 e. The van der Waals surface area contributed by atoms with E-state index in [0.29, 0.717) is 18.0 Å². The number of carbonyl (C=O) groups is 1. The fraction of sp³-hybridized carbons (Fsp3) is 0.364. The first-order chi connectivity index (χ1) is 13.5. The second-order valence-corrected chi connectivity index (χ2v) is 8.09. The minimum atomic E-state index is 0.0925. The average Bonchev–Trinajstić information content (AvgIpc) is 3.23. The van der Waals surface area contributed by atoms with Crippen molar-refractivity contribution >= 4 is 34.2 Å². The summed E-state index contributed by atoms with van der Waals surface area (Å²) in [7, 11) is 4.18. The molecule has 2 aromatic carbocycles. The Labute approximate surface area is 170 Å². The quantitative estimate of drug-likeness (QED) is 0.628. The van der Waals surface area contributed by atoms with E-state index < -0.39 is 0 Å². The van der Waals surface area contributed by atoms with E-state index in [9.17, 15) is 4.79 Å². The van der Waals surface area contributed by atoms with Crippen LogP contribution < -0.4 is 4.90 Å². The van der Waals surface area contributed by atoms with Crippen LogP contribution in [-0.4, -0.2) is 47.5 Å². The van der Waals surface area contributed by atoms with Gasteiger partial charge in [0.2, 0.25) is 5.91 Å². The van der Waals surface area contributed by atoms with Gasteiger partial charge >= 0.3 is 0 Å². The standard InChI is InChI=1S/C22H25ClN4O/c1-25(2)12-5-13-26-20-7-4-3-6-19(20)24-22(26)16-14-21(28)27(15-16)18-10-8-17(23)9-11-18/h3-4,6-11,16H,5,12-15H2,1-2H3/t16-/m0/s1. The highest BCUT2D eigenvalue weighted by Crippen LogP contribution is 2.33. The van der Waals surface area contributed by atoms with Crippen LogP contribution in [0.2, 0.25) is 5.02 Å². The molecule has 1 aliphatic heterocycles. The lowest BCUT2D eigenvalue weighted by molar-refractivity contribution is -0.117. The summed E-state index contributed by atoms with van der Waals surface area (Å²) in [5, 5.41) is 0.676. The van der Waals surface area contributed by atoms with Gasteiger partial charge in [-0.3, -0.25) is 4.79 Å². The van der Waals surface area contributed by atoms with Gasteiger partial charge in [0.25, 0.3) is 0 Å². The number of aromatic nitrogens is 2. The van der Waals surface area contributed by atoms with E-state index in [2.05, 4.69) is 41.8 Å². The molecule has 4 rings (SSSR count). The second kappa shape index (κ2) is 7.94. The molecule has 6 heteroatoms. The maximum absolute atomic E-state index is 12.7. The van der Waals surface area contributed by atoms with Crippen LogP contribution in [0.4, 0.5) is 5.69 Å². The number of imidazole rings is 1. The molecule has 0 spiro atoms. The van der Waals surface area contributed by atoms with Gasteiger partial charge in [-0.2, -0.15) is 0 Å². The molecular formula is C22H25ClN4O. The molecule has 0 radical (unpaired) electrons. The molecule has 2 heterocycles. The van der Waals surface area contributed by atoms with Gasteiger partial charge in [-0.1, -0.05) is 23.7 Å². The number of nitrogens with zero attached hydrogens (tertiary/aromatic N) is 4. The predicted molar refractivity (Wildman–Crippen MR) is 114 cm³/mol. The summed E-state index contributed by atoms with van der Waals surface area (Å²) < 4.78 is 2.31. The highest BCUT2D eigenvalue weighted by Gasteiger charge is 2.34. The van der Waals surface area contributed by atoms with Gasteiger partial charge in [0.15, 0.2) is 0 Å². The number of para-hydroxylation sites is 2. The van der Waals surface area contributed by atoms with E-state index in [1.165, 1.54) is 0 Å². The number of fused-ring (bicyclic) bond motifs is 1. The molecule has 1 atom stereocenters. The number of carbonyl (C=O) groups excluding carboxylic acids is 1. The van der Waals surface area contributed by atoms with Crippen molar-refractivity contribution in [1.82, 2.24) is 14.5 Å². The largest absolute Gasteiger partial charge is 0.328 e. The number of halogens is 1. The monoisotopic (exact) mass is 396 g/mol. The summed E-state index contributed by atoms with van der Waals surface area (Å²) in [5.41, 5.74) is 3.04. The summed E-state index contributed by atoms with van der Waals surface area (Å²) in [6, 6.07) is 15.7. The lowest BCUT2D eigenvalue weighted by atomic mass is 10.1. The normalized spacial score (nSPS) is 17.2. The Hall–Kier alpha value is -2.37. The van der Waals surface area contributed by atoms with E-state index in [0.717, 1.165) is 42.1 Å². The molecular weight excluding hydrogens is 372 g/mol. The Bertz CT molecular complexity index is 980. The number of benzene rings is 2. The predicted octanol–water partition coefficient (Wildman–Crippen LogP) is 4.16. The topological polar surface area (TPSA) is 41.4 Å². The van der Waals surface area contributed by atoms with Crippen LogP contribution in [0.1, 0.15) is 24.6 Å². The Morgan fingerprint density at radius 3 is 2.64 bits per heavy atom. The average molecular weight is 397 g/mol. The summed E-state index contributed by atoms with van der Waals surface area (Å²) in [6.07, 6.45) is 1.53. The van der Waals surface area contributed by atoms with Crippen molar-refractivity contribution in [3.8, 4) is 0 Å². The zero-order valence-electron chi connectivity index (χ0n) is 16.3. The summed E-state index contributed by atoms with van der Waals surface area (Å²) >= 11 is 6.00. The van der Waals surface area contributed by atoms with Gasteiger partial charge in [-0.05, 0) is 63.5 Å². The summed E-state index contributed by atoms with van der Waals surface area (Å²) in [4.78, 5) is 21.7. The van der Waals surface area contributed by atoms with Crippen LogP contribution in [0.15, 0.2) is 48.5 Å². The van der Waals surface area contributed by atoms with E-state index in [1.54, 1.807) is 0 Å². The zero-order chi connectivity index (χ0) is 19.7. The first-order valence-electron chi connectivity index (χ1n) is 9.69. The van der Waals surface area contributed by atoms with Crippen LogP contribution in [0, 0.1) is 0 Å². The Balaban J connectivity index is 1.63. The van der Waals surface area contributed by atoms with Crippen molar-refractivity contribution in [2.45, 2.75) is 25.3 Å². The SMILES string of the molecule is CN(C)CCCn1c([C@H]2CC(=O)N(c3ccc(Cl)cc3)C2)nc2ccccc21. The third-order valence-corrected chi connectivity index (χ3v) is 5.55. The number of hydrogen-bond acceptors (Lipinski definition) is 3. The minimum absolute atomic E-state index is 0.0925. The van der Waals surface area contributed by atoms with E-state index in [1.807, 2.05) is 35.2 Å². The fourth-order valence-corrected chi connectivity index (χ4v) is 4.06. The molecule has 0 N–H and O–H groups in total. The molecule has 1 amide bonds. The van der Waals surface area contributed by atoms with Crippen molar-refractivity contribution in [1.29, 1.82) is 0 Å². The molecule has 0 aliphatic carbocycles. The Morgan fingerprint density at radius 2 is 1.89 bits per heavy atom. The van der Waals surface area contributed by atoms with Gasteiger partial charge in [0.1, 0.15) is 5.82 Å². The van der Waals surface area contributed by atoms with Gasteiger partial charge in [0.05, 0.1) is 11.0 Å². The molecule has 3 aromatic rings. The smallest absolute Gasteiger partial charge is 0.227 e. The molecule has 1 aliphatic rings. The number of aryl methyl sites for hydroxylation is 1. The van der Waals surface area contributed by atoms with Gasteiger partial charge in [0, 0.05) is 36.1 Å². The lowest BCUT2D eigenvalue weighted by Crippen LogP contribution is -2.24. The molecule has 0 bridgehead atoms. The van der Waals surface area contributed by atoms with Crippen LogP contribution in [0.3, 0.4) is 0 Å². The van der Waals surface area contributed by atoms with E-state index in [-0.39, 0.29) is 11.8 Å². The maximum atomic E-state index is 12.7. The van der Waals surface area contributed by atoms with Crippen LogP contribution in [0.5, 0.6) is 0 Å². The highest BCUT2D eigenvalue weighted by atomic mass is 35.5. The second-order valence-electron chi connectivity index (χ2n) is 7.65. The molecule has 28 heavy (non-hydrogen) atoms. The van der Waals surface area contributed by atoms with E-state index >= 15 is 0 Å². The third-order valence-electron chi connectivity index (χ3n) is 5.30. The molecule has 0 saturated carbocycles. The number of anilines is 1. The zero-order valence-corrected chi connectivity index (χ0v) is 17.1. The lowest BCUT2D eigenvalue weighted by Gasteiger charge is -2.18. The summed E-state index contributed by atoms with van der Waals surface area (Å²) in [5.74, 6) is 1.25. The van der Waals surface area contributed by atoms with Crippen LogP contribution in [-0.2, 0) is 11.3 Å². The number of hydrogen-bond donors (Lipinski definition) is 0. The van der Waals surface area contributed by atoms with Gasteiger partial charge < -0.3 is 14.4 Å². The van der Waals surface area contributed by atoms with Crippen molar-refractivity contribution < 1.29 is 4.79 Å². The van der Waals surface area contributed by atoms with Crippen molar-refractivity contribution in [3.05, 3.63) is 59.4 Å². The van der Waals surface area contributed by atoms with Crippen molar-refractivity contribution in [2.75, 3.05) is 32.1 Å².